The quantitative estimate of drug-likeness (QED) is 0.551. The van der Waals surface area contributed by atoms with Crippen molar-refractivity contribution in [2.45, 2.75) is 37.8 Å². The fourth-order valence-corrected chi connectivity index (χ4v) is 4.70. The minimum Gasteiger partial charge on any atom is -0.404 e. The fourth-order valence-electron chi connectivity index (χ4n) is 4.70. The van der Waals surface area contributed by atoms with E-state index in [-0.39, 0.29) is 18.2 Å². The van der Waals surface area contributed by atoms with Gasteiger partial charge in [0.15, 0.2) is 18.0 Å². The second-order valence-electron chi connectivity index (χ2n) is 9.08. The molecule has 3 N–H and O–H groups in total. The van der Waals surface area contributed by atoms with Crippen molar-refractivity contribution in [2.75, 3.05) is 37.6 Å². The van der Waals surface area contributed by atoms with Crippen LogP contribution in [0.1, 0.15) is 19.3 Å². The van der Waals surface area contributed by atoms with E-state index in [2.05, 4.69) is 10.1 Å². The molecule has 0 bridgehead atoms. The maximum Gasteiger partial charge on any atom is 0.573 e. The van der Waals surface area contributed by atoms with Gasteiger partial charge in [0.2, 0.25) is 0 Å². The number of nitrogens with zero attached hydrogens (tertiary/aromatic N) is 2. The number of likely N-dealkylation sites (tertiary alicyclic amines) is 1. The molecule has 0 aromatic heterocycles. The number of aliphatic hydroxyl groups is 2. The van der Waals surface area contributed by atoms with Crippen molar-refractivity contribution in [3.8, 4) is 5.75 Å². The molecule has 0 spiro atoms. The van der Waals surface area contributed by atoms with Crippen molar-refractivity contribution in [3.63, 3.8) is 0 Å². The first-order valence-corrected chi connectivity index (χ1v) is 11.1. The van der Waals surface area contributed by atoms with E-state index in [0.29, 0.717) is 56.5 Å². The third-order valence-corrected chi connectivity index (χ3v) is 6.72. The zero-order valence-corrected chi connectivity index (χ0v) is 18.0. The number of ether oxygens (including phenoxy) is 1. The molecular formula is C22H28F3N3O5. The number of amides is 2. The van der Waals surface area contributed by atoms with Crippen molar-refractivity contribution in [1.29, 1.82) is 0 Å². The Morgan fingerprint density at radius 3 is 2.36 bits per heavy atom. The Morgan fingerprint density at radius 2 is 1.73 bits per heavy atom. The molecule has 33 heavy (non-hydrogen) atoms. The molecule has 11 heteroatoms. The molecule has 1 aromatic carbocycles. The first kappa shape index (κ1) is 23.6. The van der Waals surface area contributed by atoms with Crippen LogP contribution in [0.3, 0.4) is 0 Å². The molecule has 1 saturated carbocycles. The largest absolute Gasteiger partial charge is 0.573 e. The van der Waals surface area contributed by atoms with Gasteiger partial charge in [-0.15, -0.1) is 13.2 Å². The van der Waals surface area contributed by atoms with Crippen molar-refractivity contribution in [3.05, 3.63) is 24.3 Å². The number of fused-ring (bicyclic) bond motifs is 1. The minimum absolute atomic E-state index is 0.0478. The van der Waals surface area contributed by atoms with E-state index in [0.717, 1.165) is 6.42 Å². The van der Waals surface area contributed by atoms with Gasteiger partial charge in [-0.2, -0.15) is 0 Å². The highest BCUT2D eigenvalue weighted by molar-refractivity contribution is 5.90. The molecular weight excluding hydrogens is 443 g/mol. The van der Waals surface area contributed by atoms with E-state index < -0.39 is 30.4 Å². The number of alkyl halides is 3. The predicted octanol–water partition coefficient (Wildman–Crippen LogP) is 1.12. The molecule has 2 heterocycles. The summed E-state index contributed by atoms with van der Waals surface area (Å²) in [6.07, 6.45) is -6.12. The van der Waals surface area contributed by atoms with Crippen LogP contribution < -0.4 is 15.0 Å². The number of carbonyl (C=O) groups excluding carboxylic acids is 2. The summed E-state index contributed by atoms with van der Waals surface area (Å²) in [5.41, 5.74) is 0.355. The van der Waals surface area contributed by atoms with Crippen LogP contribution >= 0.6 is 0 Å². The summed E-state index contributed by atoms with van der Waals surface area (Å²) in [6.45, 7) is 2.30. The molecule has 3 aliphatic rings. The molecule has 1 aliphatic carbocycles. The summed E-state index contributed by atoms with van der Waals surface area (Å²) < 4.78 is 42.1. The van der Waals surface area contributed by atoms with E-state index >= 15 is 0 Å². The van der Waals surface area contributed by atoms with Gasteiger partial charge in [0, 0.05) is 32.7 Å². The third kappa shape index (κ3) is 5.70. The highest BCUT2D eigenvalue weighted by Crippen LogP contribution is 2.45. The highest BCUT2D eigenvalue weighted by Gasteiger charge is 2.48. The van der Waals surface area contributed by atoms with E-state index in [4.69, 9.17) is 0 Å². The Balaban J connectivity index is 1.22. The first-order chi connectivity index (χ1) is 15.6. The van der Waals surface area contributed by atoms with Crippen LogP contribution in [0.2, 0.25) is 0 Å². The van der Waals surface area contributed by atoms with Gasteiger partial charge in [-0.1, -0.05) is 12.1 Å². The first-order valence-electron chi connectivity index (χ1n) is 11.1. The summed E-state index contributed by atoms with van der Waals surface area (Å²) in [7, 11) is 0. The molecule has 1 aromatic rings. The lowest BCUT2D eigenvalue weighted by Gasteiger charge is -2.34. The van der Waals surface area contributed by atoms with Crippen molar-refractivity contribution in [1.82, 2.24) is 10.2 Å². The molecule has 2 saturated heterocycles. The van der Waals surface area contributed by atoms with Crippen LogP contribution in [0.25, 0.3) is 0 Å². The van der Waals surface area contributed by atoms with Crippen LogP contribution in [-0.2, 0) is 9.59 Å². The Hall–Kier alpha value is -2.53. The minimum atomic E-state index is -4.78. The van der Waals surface area contributed by atoms with Gasteiger partial charge in [-0.05, 0) is 49.1 Å². The third-order valence-electron chi connectivity index (χ3n) is 6.72. The van der Waals surface area contributed by atoms with Gasteiger partial charge in [0.05, 0.1) is 5.69 Å². The molecule has 182 valence electrons. The number of carbonyl (C=O) groups is 2. The van der Waals surface area contributed by atoms with Crippen LogP contribution in [-0.4, -0.2) is 78.2 Å². The maximum absolute atomic E-state index is 12.7. The number of hydrogen-bond acceptors (Lipinski definition) is 6. The lowest BCUT2D eigenvalue weighted by molar-refractivity contribution is -0.274. The smallest absolute Gasteiger partial charge is 0.404 e. The summed E-state index contributed by atoms with van der Waals surface area (Å²) in [5.74, 6) is -0.695. The monoisotopic (exact) mass is 471 g/mol. The summed E-state index contributed by atoms with van der Waals surface area (Å²) in [4.78, 5) is 27.9. The molecule has 2 aliphatic heterocycles. The van der Waals surface area contributed by atoms with Crippen LogP contribution in [0.4, 0.5) is 18.9 Å². The number of rotatable bonds is 7. The number of piperidine rings is 2. The van der Waals surface area contributed by atoms with Gasteiger partial charge in [0.1, 0.15) is 0 Å². The van der Waals surface area contributed by atoms with E-state index in [1.54, 1.807) is 17.0 Å². The van der Waals surface area contributed by atoms with E-state index in [1.165, 1.54) is 17.0 Å². The van der Waals surface area contributed by atoms with Crippen LogP contribution in [0.5, 0.6) is 5.75 Å². The average molecular weight is 471 g/mol. The average Bonchev–Trinajstić information content (AvgIpc) is 3.40. The Labute approximate surface area is 189 Å². The molecule has 8 nitrogen and oxygen atoms in total. The Morgan fingerprint density at radius 1 is 1.09 bits per heavy atom. The number of aliphatic hydroxyl groups excluding tert-OH is 2. The van der Waals surface area contributed by atoms with Gasteiger partial charge in [-0.25, -0.2) is 0 Å². The zero-order chi connectivity index (χ0) is 23.8. The van der Waals surface area contributed by atoms with Crippen LogP contribution in [0.15, 0.2) is 24.3 Å². The topological polar surface area (TPSA) is 102 Å². The fraction of sp³-hybridized carbons (Fsp3) is 0.636. The van der Waals surface area contributed by atoms with Gasteiger partial charge in [0.25, 0.3) is 11.8 Å². The molecule has 0 radical (unpaired) electrons. The van der Waals surface area contributed by atoms with Gasteiger partial charge < -0.3 is 30.1 Å². The zero-order valence-electron chi connectivity index (χ0n) is 18.0. The molecule has 3 fully saturated rings. The number of hydrogen-bond donors (Lipinski definition) is 3. The maximum atomic E-state index is 12.7. The summed E-state index contributed by atoms with van der Waals surface area (Å²) in [5, 5.41) is 22.8. The molecule has 4 atom stereocenters. The SMILES string of the molecule is O=C(NCC1CCN(c2ccccc2OC(F)(F)F)CC1)[C@H](O)[C@@H](O)C(=O)N1CC2CC2C1. The van der Waals surface area contributed by atoms with Crippen molar-refractivity contribution < 1.29 is 37.7 Å². The van der Waals surface area contributed by atoms with Gasteiger partial charge in [-0.3, -0.25) is 9.59 Å². The number of benzene rings is 1. The Bertz CT molecular complexity index is 865. The summed E-state index contributed by atoms with van der Waals surface area (Å²) >= 11 is 0. The number of anilines is 1. The standard InChI is InChI=1S/C22H28F3N3O5/c23-22(24,25)33-17-4-2-1-3-16(17)27-7-5-13(6-8-27)10-26-20(31)18(29)19(30)21(32)28-11-14-9-15(14)12-28/h1-4,13-15,18-19,29-30H,5-12H2,(H,26,31)/t14?,15?,18-,19-/m1/s1. The number of halogens is 3. The second-order valence-corrected chi connectivity index (χ2v) is 9.08. The number of para-hydroxylation sites is 2. The normalized spacial score (nSPS) is 24.8. The lowest BCUT2D eigenvalue weighted by atomic mass is 9.96. The van der Waals surface area contributed by atoms with Crippen molar-refractivity contribution >= 4 is 17.5 Å². The molecule has 4 rings (SSSR count). The van der Waals surface area contributed by atoms with Crippen LogP contribution in [0, 0.1) is 17.8 Å². The predicted molar refractivity (Wildman–Crippen MR) is 111 cm³/mol. The summed E-state index contributed by atoms with van der Waals surface area (Å²) in [6, 6.07) is 5.96. The Kier molecular flexibility index (Phi) is 6.71. The molecule has 2 unspecified atom stereocenters. The molecule has 2 amide bonds. The van der Waals surface area contributed by atoms with Crippen molar-refractivity contribution in [2.24, 2.45) is 17.8 Å². The number of nitrogens with one attached hydrogen (secondary N) is 1. The lowest BCUT2D eigenvalue weighted by Crippen LogP contribution is -2.51. The van der Waals surface area contributed by atoms with E-state index in [1.807, 2.05) is 0 Å². The van der Waals surface area contributed by atoms with Gasteiger partial charge >= 0.3 is 6.36 Å². The highest BCUT2D eigenvalue weighted by atomic mass is 19.4. The second kappa shape index (κ2) is 9.38. The van der Waals surface area contributed by atoms with E-state index in [9.17, 15) is 33.0 Å².